The van der Waals surface area contributed by atoms with E-state index in [0.717, 1.165) is 19.4 Å². The number of hydrogen-bond acceptors (Lipinski definition) is 3. The van der Waals surface area contributed by atoms with Crippen LogP contribution in [-0.4, -0.2) is 41.5 Å². The van der Waals surface area contributed by atoms with Crippen molar-refractivity contribution in [3.8, 4) is 0 Å². The Morgan fingerprint density at radius 3 is 3.00 bits per heavy atom. The first-order chi connectivity index (χ1) is 8.58. The third kappa shape index (κ3) is 2.79. The van der Waals surface area contributed by atoms with Crippen LogP contribution < -0.4 is 10.7 Å². The molecule has 1 aromatic rings. The van der Waals surface area contributed by atoms with Gasteiger partial charge in [0.05, 0.1) is 0 Å². The van der Waals surface area contributed by atoms with E-state index >= 15 is 0 Å². The van der Waals surface area contributed by atoms with Crippen LogP contribution in [0, 0.1) is 0 Å². The zero-order valence-corrected chi connectivity index (χ0v) is 10.8. The molecule has 98 valence electrons. The maximum absolute atomic E-state index is 12.0. The summed E-state index contributed by atoms with van der Waals surface area (Å²) in [6.07, 6.45) is 4.83. The summed E-state index contributed by atoms with van der Waals surface area (Å²) in [5.74, 6) is -0.279. The number of pyridine rings is 1. The topological polar surface area (TPSA) is 65.2 Å². The fraction of sp³-hybridized carbons (Fsp3) is 0.538. The van der Waals surface area contributed by atoms with Crippen molar-refractivity contribution in [3.05, 3.63) is 34.2 Å². The Morgan fingerprint density at radius 2 is 2.33 bits per heavy atom. The molecule has 2 unspecified atom stereocenters. The first-order valence-corrected chi connectivity index (χ1v) is 6.26. The summed E-state index contributed by atoms with van der Waals surface area (Å²) in [6, 6.07) is 1.98. The average molecular weight is 249 g/mol. The van der Waals surface area contributed by atoms with Gasteiger partial charge in [-0.1, -0.05) is 0 Å². The van der Waals surface area contributed by atoms with Gasteiger partial charge in [0, 0.05) is 37.1 Å². The lowest BCUT2D eigenvalue weighted by molar-refractivity contribution is 0.0895. The highest BCUT2D eigenvalue weighted by molar-refractivity contribution is 5.93. The number of likely N-dealkylation sites (tertiary alicyclic amines) is 1. The lowest BCUT2D eigenvalue weighted by Gasteiger charge is -2.35. The second kappa shape index (κ2) is 5.35. The number of piperidine rings is 1. The van der Waals surface area contributed by atoms with Gasteiger partial charge in [-0.3, -0.25) is 9.59 Å². The molecule has 0 aromatic carbocycles. The summed E-state index contributed by atoms with van der Waals surface area (Å²) < 4.78 is 0. The lowest BCUT2D eigenvalue weighted by atomic mass is 9.98. The number of nitrogens with zero attached hydrogens (tertiary/aromatic N) is 1. The number of amides is 1. The van der Waals surface area contributed by atoms with Crippen molar-refractivity contribution in [2.24, 2.45) is 0 Å². The van der Waals surface area contributed by atoms with Gasteiger partial charge in [-0.2, -0.15) is 0 Å². The molecule has 1 fully saturated rings. The van der Waals surface area contributed by atoms with Crippen molar-refractivity contribution in [2.75, 3.05) is 13.6 Å². The molecule has 0 bridgehead atoms. The largest absolute Gasteiger partial charge is 0.367 e. The number of hydrogen-bond donors (Lipinski definition) is 2. The van der Waals surface area contributed by atoms with Crippen molar-refractivity contribution in [2.45, 2.75) is 31.8 Å². The first-order valence-electron chi connectivity index (χ1n) is 6.26. The Kier molecular flexibility index (Phi) is 3.81. The normalized spacial score (nSPS) is 24.8. The van der Waals surface area contributed by atoms with E-state index in [1.165, 1.54) is 18.5 Å². The van der Waals surface area contributed by atoms with Gasteiger partial charge in [0.25, 0.3) is 5.91 Å². The first kappa shape index (κ1) is 12.8. The van der Waals surface area contributed by atoms with Crippen LogP contribution in [0.3, 0.4) is 0 Å². The minimum Gasteiger partial charge on any atom is -0.367 e. The quantitative estimate of drug-likeness (QED) is 0.806. The maximum Gasteiger partial charge on any atom is 0.256 e. The molecule has 0 aliphatic carbocycles. The molecule has 0 radical (unpaired) electrons. The molecule has 1 saturated heterocycles. The Morgan fingerprint density at radius 1 is 1.56 bits per heavy atom. The van der Waals surface area contributed by atoms with E-state index in [0.29, 0.717) is 6.04 Å². The fourth-order valence-corrected chi connectivity index (χ4v) is 2.28. The van der Waals surface area contributed by atoms with E-state index < -0.39 is 0 Å². The minimum atomic E-state index is -0.279. The fourth-order valence-electron chi connectivity index (χ4n) is 2.28. The van der Waals surface area contributed by atoms with Crippen LogP contribution in [0.2, 0.25) is 0 Å². The average Bonchev–Trinajstić information content (AvgIpc) is 2.34. The van der Waals surface area contributed by atoms with Gasteiger partial charge in [-0.05, 0) is 26.8 Å². The Hall–Kier alpha value is -1.62. The van der Waals surface area contributed by atoms with Gasteiger partial charge in [-0.15, -0.1) is 0 Å². The molecule has 2 N–H and O–H groups in total. The van der Waals surface area contributed by atoms with Gasteiger partial charge in [-0.25, -0.2) is 0 Å². The molecule has 1 aromatic heterocycles. The Labute approximate surface area is 106 Å². The summed E-state index contributed by atoms with van der Waals surface area (Å²) in [5.41, 5.74) is -0.0590. The van der Waals surface area contributed by atoms with Gasteiger partial charge >= 0.3 is 0 Å². The van der Waals surface area contributed by atoms with E-state index in [1.807, 2.05) is 0 Å². The van der Waals surface area contributed by atoms with E-state index in [4.69, 9.17) is 0 Å². The number of nitrogens with one attached hydrogen (secondary N) is 2. The van der Waals surface area contributed by atoms with Gasteiger partial charge in [0.2, 0.25) is 0 Å². The van der Waals surface area contributed by atoms with E-state index in [-0.39, 0.29) is 22.9 Å². The van der Waals surface area contributed by atoms with Crippen LogP contribution in [0.5, 0.6) is 0 Å². The molecule has 2 atom stereocenters. The molecule has 2 heterocycles. The zero-order valence-electron chi connectivity index (χ0n) is 10.8. The summed E-state index contributed by atoms with van der Waals surface area (Å²) in [6.45, 7) is 3.12. The van der Waals surface area contributed by atoms with Crippen molar-refractivity contribution in [3.63, 3.8) is 0 Å². The van der Waals surface area contributed by atoms with Crippen LogP contribution in [0.25, 0.3) is 0 Å². The number of carbonyl (C=O) groups is 1. The molecule has 1 amide bonds. The Balaban J connectivity index is 2.00. The van der Waals surface area contributed by atoms with E-state index in [9.17, 15) is 9.59 Å². The third-order valence-electron chi connectivity index (χ3n) is 3.61. The van der Waals surface area contributed by atoms with Gasteiger partial charge in [0.15, 0.2) is 5.43 Å². The number of H-pyrrole nitrogens is 1. The molecule has 1 aliphatic rings. The highest BCUT2D eigenvalue weighted by Gasteiger charge is 2.24. The SMILES string of the molecule is CC1CC(NC(=O)c2c[nH]ccc2=O)CCN1C. The summed E-state index contributed by atoms with van der Waals surface area (Å²) in [7, 11) is 2.09. The van der Waals surface area contributed by atoms with Gasteiger partial charge < -0.3 is 15.2 Å². The van der Waals surface area contributed by atoms with Gasteiger partial charge in [0.1, 0.15) is 5.56 Å². The van der Waals surface area contributed by atoms with Crippen LogP contribution in [0.15, 0.2) is 23.3 Å². The molecule has 5 heteroatoms. The monoisotopic (exact) mass is 249 g/mol. The number of aromatic nitrogens is 1. The predicted octanol–water partition coefficient (Wildman–Crippen LogP) is 0.587. The minimum absolute atomic E-state index is 0.156. The third-order valence-corrected chi connectivity index (χ3v) is 3.61. The predicted molar refractivity (Wildman–Crippen MR) is 69.6 cm³/mol. The summed E-state index contributed by atoms with van der Waals surface area (Å²) in [4.78, 5) is 28.5. The maximum atomic E-state index is 12.0. The number of rotatable bonds is 2. The number of carbonyl (C=O) groups excluding carboxylic acids is 1. The molecule has 5 nitrogen and oxygen atoms in total. The van der Waals surface area contributed by atoms with Crippen LogP contribution in [0.1, 0.15) is 30.1 Å². The summed E-state index contributed by atoms with van der Waals surface area (Å²) in [5, 5.41) is 2.94. The highest BCUT2D eigenvalue weighted by Crippen LogP contribution is 2.15. The smallest absolute Gasteiger partial charge is 0.256 e. The molecule has 0 spiro atoms. The second-order valence-electron chi connectivity index (χ2n) is 4.95. The van der Waals surface area contributed by atoms with Crippen LogP contribution in [0.4, 0.5) is 0 Å². The Bertz CT molecular complexity index is 483. The van der Waals surface area contributed by atoms with E-state index in [2.05, 4.69) is 29.2 Å². The van der Waals surface area contributed by atoms with Crippen molar-refractivity contribution in [1.82, 2.24) is 15.2 Å². The standard InChI is InChI=1S/C13H19N3O2/c1-9-7-10(4-6-16(9)2)15-13(18)11-8-14-5-3-12(11)17/h3,5,8-10H,4,6-7H2,1-2H3,(H,14,17)(H,15,18). The number of aromatic amines is 1. The van der Waals surface area contributed by atoms with Crippen molar-refractivity contribution in [1.29, 1.82) is 0 Å². The molecular formula is C13H19N3O2. The zero-order chi connectivity index (χ0) is 13.1. The van der Waals surface area contributed by atoms with Crippen LogP contribution in [-0.2, 0) is 0 Å². The molecule has 1 aliphatic heterocycles. The highest BCUT2D eigenvalue weighted by atomic mass is 16.2. The van der Waals surface area contributed by atoms with Crippen LogP contribution >= 0.6 is 0 Å². The van der Waals surface area contributed by atoms with Crippen molar-refractivity contribution < 1.29 is 4.79 Å². The molecule has 0 saturated carbocycles. The van der Waals surface area contributed by atoms with E-state index in [1.54, 1.807) is 0 Å². The van der Waals surface area contributed by atoms with Crippen molar-refractivity contribution >= 4 is 5.91 Å². The lowest BCUT2D eigenvalue weighted by Crippen LogP contribution is -2.47. The second-order valence-corrected chi connectivity index (χ2v) is 4.95. The summed E-state index contributed by atoms with van der Waals surface area (Å²) >= 11 is 0. The molecular weight excluding hydrogens is 230 g/mol. The molecule has 2 rings (SSSR count). The molecule has 18 heavy (non-hydrogen) atoms.